The molecule has 0 aliphatic heterocycles. The smallest absolute Gasteiger partial charge is 0.410 e. The van der Waals surface area contributed by atoms with Crippen molar-refractivity contribution in [2.45, 2.75) is 64.8 Å². The molecule has 158 valence electrons. The molecule has 0 bridgehead atoms. The lowest BCUT2D eigenvalue weighted by atomic mass is 9.87. The zero-order chi connectivity index (χ0) is 20.4. The SMILES string of the molecule is CCOP(=O)(OCC)C(CC1CCCCC1)N(C)C(=O)OCc1ccccc1. The van der Waals surface area contributed by atoms with E-state index < -0.39 is 19.5 Å². The van der Waals surface area contributed by atoms with Crippen LogP contribution in [0.5, 0.6) is 0 Å². The van der Waals surface area contributed by atoms with Crippen molar-refractivity contribution in [3.8, 4) is 0 Å². The largest absolute Gasteiger partial charge is 0.445 e. The van der Waals surface area contributed by atoms with Crippen LogP contribution in [0.3, 0.4) is 0 Å². The van der Waals surface area contributed by atoms with Crippen LogP contribution in [-0.4, -0.2) is 37.0 Å². The molecule has 1 atom stereocenters. The summed E-state index contributed by atoms with van der Waals surface area (Å²) in [6, 6.07) is 9.52. The van der Waals surface area contributed by atoms with Crippen LogP contribution >= 0.6 is 7.60 Å². The van der Waals surface area contributed by atoms with Crippen molar-refractivity contribution < 1.29 is 23.1 Å². The lowest BCUT2D eigenvalue weighted by molar-refractivity contribution is 0.0870. The van der Waals surface area contributed by atoms with Gasteiger partial charge in [-0.25, -0.2) is 4.79 Å². The Morgan fingerprint density at radius 3 is 2.29 bits per heavy atom. The van der Waals surface area contributed by atoms with Gasteiger partial charge in [-0.05, 0) is 31.7 Å². The molecule has 1 aliphatic rings. The van der Waals surface area contributed by atoms with Crippen molar-refractivity contribution >= 4 is 13.7 Å². The molecule has 1 aliphatic carbocycles. The minimum atomic E-state index is -3.48. The highest BCUT2D eigenvalue weighted by Gasteiger charge is 2.42. The van der Waals surface area contributed by atoms with Crippen LogP contribution in [0, 0.1) is 5.92 Å². The first-order valence-corrected chi connectivity index (χ1v) is 11.9. The summed E-state index contributed by atoms with van der Waals surface area (Å²) in [5.74, 6) is -0.226. The molecule has 1 saturated carbocycles. The Morgan fingerprint density at radius 1 is 1.11 bits per heavy atom. The van der Waals surface area contributed by atoms with Crippen LogP contribution in [0.15, 0.2) is 30.3 Å². The van der Waals surface area contributed by atoms with E-state index in [1.807, 2.05) is 30.3 Å². The minimum Gasteiger partial charge on any atom is -0.445 e. The second kappa shape index (κ2) is 11.6. The van der Waals surface area contributed by atoms with E-state index in [9.17, 15) is 9.36 Å². The number of hydrogen-bond acceptors (Lipinski definition) is 5. The third kappa shape index (κ3) is 6.61. The maximum Gasteiger partial charge on any atom is 0.410 e. The van der Waals surface area contributed by atoms with Crippen LogP contribution in [-0.2, 0) is 25.0 Å². The average molecular weight is 411 g/mol. The van der Waals surface area contributed by atoms with E-state index in [0.717, 1.165) is 18.4 Å². The highest BCUT2D eigenvalue weighted by atomic mass is 31.2. The first-order valence-electron chi connectivity index (χ1n) is 10.3. The molecule has 7 heteroatoms. The normalized spacial score (nSPS) is 16.5. The van der Waals surface area contributed by atoms with Crippen LogP contribution in [0.1, 0.15) is 57.9 Å². The highest BCUT2D eigenvalue weighted by Crippen LogP contribution is 2.56. The molecule has 0 heterocycles. The van der Waals surface area contributed by atoms with Gasteiger partial charge in [0.15, 0.2) is 0 Å². The fourth-order valence-corrected chi connectivity index (χ4v) is 5.95. The van der Waals surface area contributed by atoms with E-state index >= 15 is 0 Å². The van der Waals surface area contributed by atoms with Gasteiger partial charge in [0, 0.05) is 7.05 Å². The Kier molecular flexibility index (Phi) is 9.49. The zero-order valence-electron chi connectivity index (χ0n) is 17.3. The van der Waals surface area contributed by atoms with Crippen molar-refractivity contribution in [3.05, 3.63) is 35.9 Å². The molecule has 1 aromatic carbocycles. The fourth-order valence-electron chi connectivity index (χ4n) is 3.73. The number of rotatable bonds is 10. The third-order valence-corrected chi connectivity index (χ3v) is 7.72. The maximum atomic E-state index is 13.5. The first kappa shape index (κ1) is 22.9. The molecule has 2 rings (SSSR count). The van der Waals surface area contributed by atoms with Gasteiger partial charge in [-0.2, -0.15) is 0 Å². The highest BCUT2D eigenvalue weighted by molar-refractivity contribution is 7.54. The number of ether oxygens (including phenoxy) is 1. The first-order chi connectivity index (χ1) is 13.5. The van der Waals surface area contributed by atoms with Gasteiger partial charge in [0.2, 0.25) is 0 Å². The number of carbonyl (C=O) groups excluding carboxylic acids is 1. The predicted molar refractivity (Wildman–Crippen MR) is 110 cm³/mol. The summed E-state index contributed by atoms with van der Waals surface area (Å²) in [4.78, 5) is 14.1. The molecule has 0 saturated heterocycles. The van der Waals surface area contributed by atoms with Crippen molar-refractivity contribution in [1.82, 2.24) is 4.90 Å². The van der Waals surface area contributed by atoms with Gasteiger partial charge in [-0.15, -0.1) is 0 Å². The Bertz CT molecular complexity index is 623. The predicted octanol–water partition coefficient (Wildman–Crippen LogP) is 5.82. The van der Waals surface area contributed by atoms with E-state index in [1.54, 1.807) is 20.9 Å². The van der Waals surface area contributed by atoms with E-state index in [-0.39, 0.29) is 19.8 Å². The molecule has 0 spiro atoms. The van der Waals surface area contributed by atoms with Crippen molar-refractivity contribution in [2.75, 3.05) is 20.3 Å². The summed E-state index contributed by atoms with van der Waals surface area (Å²) in [6.45, 7) is 4.29. The van der Waals surface area contributed by atoms with Crippen molar-refractivity contribution in [3.63, 3.8) is 0 Å². The summed E-state index contributed by atoms with van der Waals surface area (Å²) in [6.07, 6.45) is 5.85. The summed E-state index contributed by atoms with van der Waals surface area (Å²) < 4.78 is 30.2. The molecule has 6 nitrogen and oxygen atoms in total. The van der Waals surface area contributed by atoms with Gasteiger partial charge < -0.3 is 13.8 Å². The molecule has 0 aromatic heterocycles. The van der Waals surface area contributed by atoms with E-state index in [2.05, 4.69) is 0 Å². The van der Waals surface area contributed by atoms with Crippen LogP contribution in [0.2, 0.25) is 0 Å². The number of hydrogen-bond donors (Lipinski definition) is 0. The second-order valence-electron chi connectivity index (χ2n) is 7.25. The van der Waals surface area contributed by atoms with Crippen molar-refractivity contribution in [2.24, 2.45) is 5.92 Å². The topological polar surface area (TPSA) is 65.1 Å². The maximum absolute atomic E-state index is 13.5. The van der Waals surface area contributed by atoms with Crippen LogP contribution in [0.25, 0.3) is 0 Å². The minimum absolute atomic E-state index is 0.174. The van der Waals surface area contributed by atoms with Crippen molar-refractivity contribution in [1.29, 1.82) is 0 Å². The molecular formula is C21H34NO5P. The van der Waals surface area contributed by atoms with Gasteiger partial charge in [-0.1, -0.05) is 62.4 Å². The van der Waals surface area contributed by atoms with E-state index in [0.29, 0.717) is 12.3 Å². The second-order valence-corrected chi connectivity index (χ2v) is 9.44. The van der Waals surface area contributed by atoms with Crippen LogP contribution < -0.4 is 0 Å². The average Bonchev–Trinajstić information content (AvgIpc) is 2.71. The number of carbonyl (C=O) groups is 1. The molecule has 28 heavy (non-hydrogen) atoms. The monoisotopic (exact) mass is 411 g/mol. The number of benzene rings is 1. The number of amides is 1. The summed E-state index contributed by atoms with van der Waals surface area (Å²) >= 11 is 0. The molecule has 1 amide bonds. The van der Waals surface area contributed by atoms with Gasteiger partial charge >= 0.3 is 13.7 Å². The zero-order valence-corrected chi connectivity index (χ0v) is 18.2. The summed E-state index contributed by atoms with van der Waals surface area (Å²) in [5, 5.41) is 0. The Labute approximate surface area is 169 Å². The Hall–Kier alpha value is -1.36. The van der Waals surface area contributed by atoms with Gasteiger partial charge in [0.25, 0.3) is 0 Å². The van der Waals surface area contributed by atoms with Gasteiger partial charge in [0.1, 0.15) is 12.4 Å². The Balaban J connectivity index is 2.12. The fraction of sp³-hybridized carbons (Fsp3) is 0.667. The summed E-state index contributed by atoms with van der Waals surface area (Å²) in [7, 11) is -1.85. The third-order valence-electron chi connectivity index (χ3n) is 5.19. The lowest BCUT2D eigenvalue weighted by Gasteiger charge is -2.35. The quantitative estimate of drug-likeness (QED) is 0.454. The lowest BCUT2D eigenvalue weighted by Crippen LogP contribution is -2.39. The molecule has 0 radical (unpaired) electrons. The number of nitrogens with zero attached hydrogens (tertiary/aromatic N) is 1. The Morgan fingerprint density at radius 2 is 1.71 bits per heavy atom. The van der Waals surface area contributed by atoms with E-state index in [4.69, 9.17) is 13.8 Å². The molecule has 0 N–H and O–H groups in total. The molecule has 1 unspecified atom stereocenters. The van der Waals surface area contributed by atoms with Crippen LogP contribution in [0.4, 0.5) is 4.79 Å². The molecule has 1 aromatic rings. The van der Waals surface area contributed by atoms with Gasteiger partial charge in [0.05, 0.1) is 13.2 Å². The van der Waals surface area contributed by atoms with E-state index in [1.165, 1.54) is 24.2 Å². The molecule has 1 fully saturated rings. The standard InChI is InChI=1S/C21H34NO5P/c1-4-26-28(24,27-5-2)20(16-18-12-8-6-9-13-18)22(3)21(23)25-17-19-14-10-7-11-15-19/h7,10-11,14-15,18,20H,4-6,8-9,12-13,16-17H2,1-3H3. The molecular weight excluding hydrogens is 377 g/mol. The van der Waals surface area contributed by atoms with Gasteiger partial charge in [-0.3, -0.25) is 9.46 Å². The summed E-state index contributed by atoms with van der Waals surface area (Å²) in [5.41, 5.74) is 0.908.